The normalized spacial score (nSPS) is 20.3. The zero-order valence-electron chi connectivity index (χ0n) is 22.9. The molecule has 1 N–H and O–H groups in total. The fourth-order valence-corrected chi connectivity index (χ4v) is 5.52. The lowest BCUT2D eigenvalue weighted by atomic mass is 9.92. The Labute approximate surface area is 220 Å². The average Bonchev–Trinajstić information content (AvgIpc) is 3.20. The highest BCUT2D eigenvalue weighted by Gasteiger charge is 2.37. The van der Waals surface area contributed by atoms with Gasteiger partial charge in [-0.2, -0.15) is 5.10 Å². The molecule has 1 aliphatic rings. The molecule has 38 heavy (non-hydrogen) atoms. The number of carbonyl (C=O) groups excluding carboxylic acids is 1. The van der Waals surface area contributed by atoms with Crippen molar-refractivity contribution in [1.29, 1.82) is 0 Å². The maximum atomic E-state index is 13.5. The molecule has 10 heteroatoms. The van der Waals surface area contributed by atoms with Gasteiger partial charge in [-0.15, -0.1) is 0 Å². The summed E-state index contributed by atoms with van der Waals surface area (Å²) in [5.74, 6) is 0.414. The highest BCUT2D eigenvalue weighted by molar-refractivity contribution is 5.90. The largest absolute Gasteiger partial charge is 0.507 e. The van der Waals surface area contributed by atoms with E-state index in [4.69, 9.17) is 4.74 Å². The molecule has 1 fully saturated rings. The van der Waals surface area contributed by atoms with Crippen LogP contribution in [0.1, 0.15) is 59.1 Å². The molecule has 10 nitrogen and oxygen atoms in total. The Morgan fingerprint density at radius 3 is 2.53 bits per heavy atom. The number of phenols is 1. The Balaban J connectivity index is 1.46. The molecule has 1 aliphatic heterocycles. The van der Waals surface area contributed by atoms with Gasteiger partial charge in [0.2, 0.25) is 0 Å². The zero-order valence-corrected chi connectivity index (χ0v) is 22.9. The van der Waals surface area contributed by atoms with Gasteiger partial charge in [-0.25, -0.2) is 14.8 Å². The van der Waals surface area contributed by atoms with Crippen molar-refractivity contribution in [2.75, 3.05) is 0 Å². The average molecular weight is 519 g/mol. The number of nitrogens with zero attached hydrogens (tertiary/aromatic N) is 6. The highest BCUT2D eigenvalue weighted by atomic mass is 16.6. The van der Waals surface area contributed by atoms with E-state index in [0.717, 1.165) is 10.9 Å². The quantitative estimate of drug-likeness (QED) is 0.409. The molecule has 1 amide bonds. The van der Waals surface area contributed by atoms with Gasteiger partial charge in [0.05, 0.1) is 22.0 Å². The number of aromatic nitrogens is 5. The number of phenolic OH excluding ortho intramolecular Hbond substituents is 1. The first-order chi connectivity index (χ1) is 17.8. The molecule has 4 aromatic rings. The fourth-order valence-electron chi connectivity index (χ4n) is 5.52. The number of piperidine rings is 1. The molecule has 1 saturated heterocycles. The van der Waals surface area contributed by atoms with Crippen molar-refractivity contribution in [3.05, 3.63) is 46.6 Å². The Hall–Kier alpha value is -3.95. The van der Waals surface area contributed by atoms with Crippen LogP contribution in [0.2, 0.25) is 0 Å². The van der Waals surface area contributed by atoms with Crippen LogP contribution in [0.25, 0.3) is 33.2 Å². The summed E-state index contributed by atoms with van der Waals surface area (Å²) < 4.78 is 9.04. The highest BCUT2D eigenvalue weighted by Crippen LogP contribution is 2.36. The Bertz CT molecular complexity index is 1600. The predicted octanol–water partition coefficient (Wildman–Crippen LogP) is 4.71. The van der Waals surface area contributed by atoms with E-state index in [0.29, 0.717) is 40.7 Å². The topological polar surface area (TPSA) is 115 Å². The van der Waals surface area contributed by atoms with E-state index in [-0.39, 0.29) is 35.5 Å². The summed E-state index contributed by atoms with van der Waals surface area (Å²) in [5.41, 5.74) is 1.63. The molecule has 2 atom stereocenters. The zero-order chi connectivity index (χ0) is 27.5. The third-order valence-corrected chi connectivity index (χ3v) is 7.21. The van der Waals surface area contributed by atoms with Crippen LogP contribution in [0.4, 0.5) is 4.79 Å². The number of amides is 1. The summed E-state index contributed by atoms with van der Waals surface area (Å²) in [6.07, 6.45) is 6.11. The molecule has 0 saturated carbocycles. The van der Waals surface area contributed by atoms with Crippen molar-refractivity contribution in [2.45, 2.75) is 78.1 Å². The number of aryl methyl sites for hydroxylation is 2. The first-order valence-electron chi connectivity index (χ1n) is 12.9. The predicted molar refractivity (Wildman–Crippen MR) is 145 cm³/mol. The Morgan fingerprint density at radius 1 is 1.18 bits per heavy atom. The van der Waals surface area contributed by atoms with Crippen molar-refractivity contribution in [2.24, 2.45) is 7.05 Å². The molecule has 0 radical (unpaired) electrons. The standard InChI is InChI=1S/C28H34N6O4/c1-15-10-19(11-16(2)34(15)27(37)38-28(4,5)6)33-9-8-22-21(26(33)36)13-29-25(30-22)20-12-18-14-32(7)31-23(18)17(3)24(20)35/h8-9,12-16,19,35H,10-11H2,1-7H3. The number of ether oxygens (including phenoxy) is 1. The van der Waals surface area contributed by atoms with Crippen LogP contribution in [-0.4, -0.2) is 58.1 Å². The number of likely N-dealkylation sites (tertiary alicyclic amines) is 1. The number of hydrogen-bond acceptors (Lipinski definition) is 7. The SMILES string of the molecule is Cc1c(O)c(-c2ncc3c(=O)n(C4CC(C)N(C(=O)OC(C)(C)C)C(C)C4)ccc3n2)cc2cn(C)nc12. The van der Waals surface area contributed by atoms with Gasteiger partial charge in [-0.05, 0) is 66.5 Å². The monoisotopic (exact) mass is 518 g/mol. The molecule has 0 bridgehead atoms. The molecule has 5 rings (SSSR count). The second-order valence-electron chi connectivity index (χ2n) is 11.4. The van der Waals surface area contributed by atoms with Crippen molar-refractivity contribution in [1.82, 2.24) is 29.2 Å². The van der Waals surface area contributed by atoms with Crippen LogP contribution in [0, 0.1) is 6.92 Å². The summed E-state index contributed by atoms with van der Waals surface area (Å²) in [6, 6.07) is 3.37. The second kappa shape index (κ2) is 9.11. The maximum absolute atomic E-state index is 13.5. The minimum absolute atomic E-state index is 0.0728. The van der Waals surface area contributed by atoms with E-state index < -0.39 is 5.60 Å². The Kier molecular flexibility index (Phi) is 6.16. The summed E-state index contributed by atoms with van der Waals surface area (Å²) in [5, 5.41) is 16.5. The smallest absolute Gasteiger partial charge is 0.410 e. The molecule has 2 unspecified atom stereocenters. The maximum Gasteiger partial charge on any atom is 0.410 e. The third-order valence-electron chi connectivity index (χ3n) is 7.21. The van der Waals surface area contributed by atoms with Gasteiger partial charge in [0, 0.05) is 54.7 Å². The van der Waals surface area contributed by atoms with Crippen molar-refractivity contribution in [3.8, 4) is 17.1 Å². The van der Waals surface area contributed by atoms with Crippen LogP contribution < -0.4 is 5.56 Å². The molecule has 200 valence electrons. The number of aromatic hydroxyl groups is 1. The van der Waals surface area contributed by atoms with Crippen LogP contribution in [0.5, 0.6) is 5.75 Å². The van der Waals surface area contributed by atoms with Gasteiger partial charge in [0.1, 0.15) is 11.4 Å². The number of fused-ring (bicyclic) bond motifs is 2. The molecule has 0 aliphatic carbocycles. The number of hydrogen-bond donors (Lipinski definition) is 1. The van der Waals surface area contributed by atoms with Gasteiger partial charge >= 0.3 is 6.09 Å². The number of carbonyl (C=O) groups is 1. The van der Waals surface area contributed by atoms with Crippen molar-refractivity contribution < 1.29 is 14.6 Å². The minimum atomic E-state index is -0.569. The Morgan fingerprint density at radius 2 is 1.87 bits per heavy atom. The lowest BCUT2D eigenvalue weighted by Crippen LogP contribution is -2.52. The van der Waals surface area contributed by atoms with Gasteiger partial charge in [-0.3, -0.25) is 9.48 Å². The molecule has 3 aromatic heterocycles. The lowest BCUT2D eigenvalue weighted by Gasteiger charge is -2.43. The van der Waals surface area contributed by atoms with Gasteiger partial charge in [0.15, 0.2) is 5.82 Å². The number of rotatable bonds is 2. The second-order valence-corrected chi connectivity index (χ2v) is 11.4. The minimum Gasteiger partial charge on any atom is -0.507 e. The van der Waals surface area contributed by atoms with Crippen LogP contribution in [0.15, 0.2) is 35.5 Å². The molecule has 4 heterocycles. The molecular weight excluding hydrogens is 484 g/mol. The molecule has 0 spiro atoms. The number of pyridine rings is 1. The van der Waals surface area contributed by atoms with Crippen molar-refractivity contribution in [3.63, 3.8) is 0 Å². The molecule has 1 aromatic carbocycles. The first-order valence-corrected chi connectivity index (χ1v) is 12.9. The lowest BCUT2D eigenvalue weighted by molar-refractivity contribution is -0.00633. The third kappa shape index (κ3) is 4.48. The first kappa shape index (κ1) is 25.7. The van der Waals surface area contributed by atoms with Crippen LogP contribution >= 0.6 is 0 Å². The van der Waals surface area contributed by atoms with Gasteiger partial charge in [0.25, 0.3) is 5.56 Å². The van der Waals surface area contributed by atoms with Crippen LogP contribution in [0.3, 0.4) is 0 Å². The van der Waals surface area contributed by atoms with E-state index in [2.05, 4.69) is 15.1 Å². The fraction of sp³-hybridized carbons (Fsp3) is 0.464. The van der Waals surface area contributed by atoms with Crippen molar-refractivity contribution >= 4 is 27.9 Å². The van der Waals surface area contributed by atoms with Gasteiger partial charge in [-0.1, -0.05) is 0 Å². The van der Waals surface area contributed by atoms with E-state index in [9.17, 15) is 14.7 Å². The van der Waals surface area contributed by atoms with Crippen LogP contribution in [-0.2, 0) is 11.8 Å². The van der Waals surface area contributed by atoms with Gasteiger partial charge < -0.3 is 19.3 Å². The summed E-state index contributed by atoms with van der Waals surface area (Å²) >= 11 is 0. The van der Waals surface area contributed by atoms with E-state index in [1.54, 1.807) is 20.3 Å². The van der Waals surface area contributed by atoms with E-state index >= 15 is 0 Å². The summed E-state index contributed by atoms with van der Waals surface area (Å²) in [6.45, 7) is 11.4. The summed E-state index contributed by atoms with van der Waals surface area (Å²) in [7, 11) is 1.83. The number of benzene rings is 1. The van der Waals surface area contributed by atoms with E-state index in [1.807, 2.05) is 66.9 Å². The van der Waals surface area contributed by atoms with E-state index in [1.165, 1.54) is 6.20 Å². The summed E-state index contributed by atoms with van der Waals surface area (Å²) in [4.78, 5) is 37.1. The molecular formula is C28H34N6O4.